The Balaban J connectivity index is 3.33. The van der Waals surface area contributed by atoms with Crippen molar-refractivity contribution in [2.45, 2.75) is 26.8 Å². The number of nitrogens with one attached hydrogen (secondary N) is 3. The van der Waals surface area contributed by atoms with Crippen LogP contribution in [0, 0.1) is 0 Å². The minimum atomic E-state index is -0.0951. The van der Waals surface area contributed by atoms with Crippen molar-refractivity contribution in [1.29, 1.82) is 0 Å². The average Bonchev–Trinajstić information content (AvgIpc) is 2.02. The van der Waals surface area contributed by atoms with Crippen LogP contribution in [0.25, 0.3) is 0 Å². The summed E-state index contributed by atoms with van der Waals surface area (Å²) < 4.78 is 0. The molecule has 1 unspecified atom stereocenters. The van der Waals surface area contributed by atoms with Gasteiger partial charge in [0.05, 0.1) is 0 Å². The van der Waals surface area contributed by atoms with Crippen molar-refractivity contribution in [2.75, 3.05) is 19.6 Å². The molecule has 4 heteroatoms. The maximum atomic E-state index is 10.9. The maximum absolute atomic E-state index is 10.9. The predicted octanol–water partition coefficient (Wildman–Crippen LogP) is 0.304. The summed E-state index contributed by atoms with van der Waals surface area (Å²) in [5, 5.41) is 8.62. The van der Waals surface area contributed by atoms with Gasteiger partial charge < -0.3 is 16.0 Å². The van der Waals surface area contributed by atoms with Gasteiger partial charge in [0.2, 0.25) is 0 Å². The van der Waals surface area contributed by atoms with Crippen LogP contribution in [0.5, 0.6) is 0 Å². The topological polar surface area (TPSA) is 53.2 Å². The second-order valence-corrected chi connectivity index (χ2v) is 2.70. The summed E-state index contributed by atoms with van der Waals surface area (Å²) in [6.45, 7) is 8.24. The number of carbonyl (C=O) groups is 1. The second-order valence-electron chi connectivity index (χ2n) is 2.70. The van der Waals surface area contributed by atoms with E-state index in [0.717, 1.165) is 6.54 Å². The first-order valence-electron chi connectivity index (χ1n) is 4.45. The van der Waals surface area contributed by atoms with Gasteiger partial charge in [-0.15, -0.1) is 0 Å². The zero-order valence-electron chi connectivity index (χ0n) is 8.11. The monoisotopic (exact) mass is 173 g/mol. The number of urea groups is 1. The van der Waals surface area contributed by atoms with Crippen LogP contribution in [-0.4, -0.2) is 31.7 Å². The second kappa shape index (κ2) is 6.91. The van der Waals surface area contributed by atoms with Gasteiger partial charge in [-0.1, -0.05) is 6.92 Å². The molecule has 0 aliphatic heterocycles. The fourth-order valence-electron chi connectivity index (χ4n) is 0.889. The molecule has 1 atom stereocenters. The summed E-state index contributed by atoms with van der Waals surface area (Å²) in [6.07, 6.45) is 0. The highest BCUT2D eigenvalue weighted by Gasteiger charge is 2.01. The fraction of sp³-hybridized carbons (Fsp3) is 0.875. The largest absolute Gasteiger partial charge is 0.338 e. The zero-order valence-corrected chi connectivity index (χ0v) is 8.11. The maximum Gasteiger partial charge on any atom is 0.314 e. The van der Waals surface area contributed by atoms with Gasteiger partial charge in [-0.05, 0) is 20.4 Å². The number of hydrogen-bond acceptors (Lipinski definition) is 2. The zero-order chi connectivity index (χ0) is 9.40. The molecule has 0 aromatic carbocycles. The molecule has 0 aliphatic carbocycles. The summed E-state index contributed by atoms with van der Waals surface area (Å²) in [6, 6.07) is 0.236. The van der Waals surface area contributed by atoms with E-state index in [2.05, 4.69) is 16.0 Å². The molecule has 0 heterocycles. The Morgan fingerprint density at radius 1 is 1.25 bits per heavy atom. The Morgan fingerprint density at radius 2 is 1.92 bits per heavy atom. The number of carbonyl (C=O) groups excluding carboxylic acids is 1. The molecule has 0 spiro atoms. The average molecular weight is 173 g/mol. The third kappa shape index (κ3) is 5.97. The molecule has 0 saturated heterocycles. The Kier molecular flexibility index (Phi) is 6.47. The van der Waals surface area contributed by atoms with E-state index in [0.29, 0.717) is 19.1 Å². The molecule has 0 saturated carbocycles. The number of hydrogen-bond donors (Lipinski definition) is 3. The first kappa shape index (κ1) is 11.2. The minimum Gasteiger partial charge on any atom is -0.338 e. The standard InChI is InChI=1S/C8H19N3O/c1-4-9-7(3)6-11-8(12)10-5-2/h7,9H,4-6H2,1-3H3,(H2,10,11,12). The Morgan fingerprint density at radius 3 is 2.42 bits per heavy atom. The summed E-state index contributed by atoms with van der Waals surface area (Å²) in [5.74, 6) is 0. The van der Waals surface area contributed by atoms with Crippen LogP contribution in [0.1, 0.15) is 20.8 Å². The third-order valence-electron chi connectivity index (χ3n) is 1.46. The predicted molar refractivity (Wildman–Crippen MR) is 50.2 cm³/mol. The van der Waals surface area contributed by atoms with E-state index in [9.17, 15) is 4.79 Å². The van der Waals surface area contributed by atoms with Gasteiger partial charge in [-0.2, -0.15) is 0 Å². The van der Waals surface area contributed by atoms with E-state index >= 15 is 0 Å². The van der Waals surface area contributed by atoms with E-state index in [-0.39, 0.29) is 6.03 Å². The Hall–Kier alpha value is -0.770. The normalized spacial score (nSPS) is 12.2. The lowest BCUT2D eigenvalue weighted by atomic mass is 10.3. The van der Waals surface area contributed by atoms with Crippen molar-refractivity contribution >= 4 is 6.03 Å². The molecule has 0 aromatic heterocycles. The quantitative estimate of drug-likeness (QED) is 0.560. The fourth-order valence-corrected chi connectivity index (χ4v) is 0.889. The number of likely N-dealkylation sites (N-methyl/N-ethyl adjacent to an activating group) is 1. The molecule has 72 valence electrons. The number of rotatable bonds is 5. The Bertz CT molecular complexity index is 127. The highest BCUT2D eigenvalue weighted by molar-refractivity contribution is 5.73. The molecule has 0 radical (unpaired) electrons. The van der Waals surface area contributed by atoms with Gasteiger partial charge in [0.25, 0.3) is 0 Å². The van der Waals surface area contributed by atoms with Crippen molar-refractivity contribution in [2.24, 2.45) is 0 Å². The molecule has 0 fully saturated rings. The van der Waals surface area contributed by atoms with E-state index in [4.69, 9.17) is 0 Å². The van der Waals surface area contributed by atoms with Crippen molar-refractivity contribution in [3.05, 3.63) is 0 Å². The molecular weight excluding hydrogens is 154 g/mol. The molecule has 0 rings (SSSR count). The summed E-state index contributed by atoms with van der Waals surface area (Å²) in [5.41, 5.74) is 0. The lowest BCUT2D eigenvalue weighted by Crippen LogP contribution is -2.43. The van der Waals surface area contributed by atoms with Crippen LogP contribution in [0.2, 0.25) is 0 Å². The third-order valence-corrected chi connectivity index (χ3v) is 1.46. The first-order chi connectivity index (χ1) is 5.70. The van der Waals surface area contributed by atoms with Gasteiger partial charge in [-0.3, -0.25) is 0 Å². The lowest BCUT2D eigenvalue weighted by molar-refractivity contribution is 0.240. The highest BCUT2D eigenvalue weighted by Crippen LogP contribution is 1.77. The van der Waals surface area contributed by atoms with Crippen molar-refractivity contribution in [1.82, 2.24) is 16.0 Å². The molecule has 0 bridgehead atoms. The van der Waals surface area contributed by atoms with Crippen LogP contribution in [0.15, 0.2) is 0 Å². The van der Waals surface area contributed by atoms with E-state index in [1.165, 1.54) is 0 Å². The molecule has 0 aliphatic rings. The van der Waals surface area contributed by atoms with E-state index in [1.807, 2.05) is 20.8 Å². The molecule has 0 aromatic rings. The Labute approximate surface area is 74.1 Å². The summed E-state index contributed by atoms with van der Waals surface area (Å²) in [7, 11) is 0. The lowest BCUT2D eigenvalue weighted by Gasteiger charge is -2.13. The van der Waals surface area contributed by atoms with Crippen LogP contribution in [0.4, 0.5) is 4.79 Å². The van der Waals surface area contributed by atoms with Crippen LogP contribution in [-0.2, 0) is 0 Å². The van der Waals surface area contributed by atoms with Gasteiger partial charge >= 0.3 is 6.03 Å². The molecule has 2 amide bonds. The summed E-state index contributed by atoms with van der Waals surface area (Å²) in [4.78, 5) is 10.9. The van der Waals surface area contributed by atoms with Crippen LogP contribution < -0.4 is 16.0 Å². The van der Waals surface area contributed by atoms with Gasteiger partial charge in [0.15, 0.2) is 0 Å². The molecular formula is C8H19N3O. The van der Waals surface area contributed by atoms with E-state index in [1.54, 1.807) is 0 Å². The van der Waals surface area contributed by atoms with Gasteiger partial charge in [0, 0.05) is 19.1 Å². The minimum absolute atomic E-state index is 0.0951. The molecule has 4 nitrogen and oxygen atoms in total. The first-order valence-corrected chi connectivity index (χ1v) is 4.45. The van der Waals surface area contributed by atoms with Crippen molar-refractivity contribution in [3.63, 3.8) is 0 Å². The SMILES string of the molecule is CCNC(=O)NCC(C)NCC. The molecule has 12 heavy (non-hydrogen) atoms. The van der Waals surface area contributed by atoms with Crippen molar-refractivity contribution < 1.29 is 4.79 Å². The van der Waals surface area contributed by atoms with E-state index < -0.39 is 0 Å². The van der Waals surface area contributed by atoms with Crippen LogP contribution in [0.3, 0.4) is 0 Å². The highest BCUT2D eigenvalue weighted by atomic mass is 16.2. The van der Waals surface area contributed by atoms with Gasteiger partial charge in [0.1, 0.15) is 0 Å². The smallest absolute Gasteiger partial charge is 0.314 e. The van der Waals surface area contributed by atoms with Crippen molar-refractivity contribution in [3.8, 4) is 0 Å². The summed E-state index contributed by atoms with van der Waals surface area (Å²) >= 11 is 0. The molecule has 3 N–H and O–H groups in total. The van der Waals surface area contributed by atoms with Gasteiger partial charge in [-0.25, -0.2) is 4.79 Å². The van der Waals surface area contributed by atoms with Crippen LogP contribution >= 0.6 is 0 Å². The number of amides is 2.